The van der Waals surface area contributed by atoms with Gasteiger partial charge in [0.05, 0.1) is 18.1 Å². The highest BCUT2D eigenvalue weighted by molar-refractivity contribution is 5.85. The maximum absolute atomic E-state index is 14.2. The van der Waals surface area contributed by atoms with Crippen molar-refractivity contribution in [1.29, 1.82) is 0 Å². The molecule has 0 spiro atoms. The third-order valence-corrected chi connectivity index (χ3v) is 7.75. The highest BCUT2D eigenvalue weighted by atomic mass is 19.1. The second-order valence-corrected chi connectivity index (χ2v) is 10.2. The zero-order chi connectivity index (χ0) is 24.9. The first-order valence-corrected chi connectivity index (χ1v) is 13.4. The molecule has 7 heteroatoms. The third kappa shape index (κ3) is 5.50. The fourth-order valence-corrected chi connectivity index (χ4v) is 5.88. The summed E-state index contributed by atoms with van der Waals surface area (Å²) in [5, 5.41) is 3.38. The minimum absolute atomic E-state index is 0.0584. The number of imidazole rings is 1. The van der Waals surface area contributed by atoms with Gasteiger partial charge in [-0.25, -0.2) is 9.37 Å². The predicted octanol–water partition coefficient (Wildman–Crippen LogP) is 6.33. The van der Waals surface area contributed by atoms with Crippen molar-refractivity contribution >= 4 is 16.9 Å². The third-order valence-electron chi connectivity index (χ3n) is 7.75. The largest absolute Gasteiger partial charge is 0.497 e. The number of rotatable bonds is 8. The Morgan fingerprint density at radius 1 is 1.00 bits per heavy atom. The summed E-state index contributed by atoms with van der Waals surface area (Å²) in [7, 11) is 1.63. The number of methoxy groups -OCH3 is 1. The molecule has 0 saturated heterocycles. The second-order valence-electron chi connectivity index (χ2n) is 10.2. The highest BCUT2D eigenvalue weighted by Gasteiger charge is 2.35. The van der Waals surface area contributed by atoms with E-state index in [1.54, 1.807) is 13.2 Å². The molecule has 6 nitrogen and oxygen atoms in total. The van der Waals surface area contributed by atoms with E-state index in [2.05, 4.69) is 5.32 Å². The maximum atomic E-state index is 14.2. The van der Waals surface area contributed by atoms with E-state index in [1.807, 2.05) is 28.8 Å². The molecule has 0 aliphatic heterocycles. The van der Waals surface area contributed by atoms with Gasteiger partial charge in [-0.15, -0.1) is 0 Å². The van der Waals surface area contributed by atoms with Crippen LogP contribution in [0.2, 0.25) is 0 Å². The zero-order valence-electron chi connectivity index (χ0n) is 21.0. The van der Waals surface area contributed by atoms with Crippen molar-refractivity contribution in [2.45, 2.75) is 82.9 Å². The summed E-state index contributed by atoms with van der Waals surface area (Å²) in [5.41, 5.74) is 1.33. The van der Waals surface area contributed by atoms with E-state index in [-0.39, 0.29) is 30.3 Å². The van der Waals surface area contributed by atoms with E-state index >= 15 is 0 Å². The number of nitrogens with zero attached hydrogens (tertiary/aromatic N) is 2. The average molecular weight is 494 g/mol. The van der Waals surface area contributed by atoms with Crippen LogP contribution in [0.25, 0.3) is 11.0 Å². The van der Waals surface area contributed by atoms with E-state index in [4.69, 9.17) is 14.5 Å². The number of nitrogens with one attached hydrogen (secondary N) is 1. The van der Waals surface area contributed by atoms with Gasteiger partial charge in [0, 0.05) is 12.1 Å². The molecule has 2 fully saturated rings. The predicted molar refractivity (Wildman–Crippen MR) is 138 cm³/mol. The van der Waals surface area contributed by atoms with Gasteiger partial charge in [0.1, 0.15) is 35.8 Å². The molecule has 5 rings (SSSR count). The molecule has 36 heavy (non-hydrogen) atoms. The monoisotopic (exact) mass is 493 g/mol. The quantitative estimate of drug-likeness (QED) is 0.398. The molecule has 0 radical (unpaired) electrons. The van der Waals surface area contributed by atoms with Gasteiger partial charge in [-0.2, -0.15) is 0 Å². The molecule has 192 valence electrons. The summed E-state index contributed by atoms with van der Waals surface area (Å²) < 4.78 is 27.5. The molecule has 1 N–H and O–H groups in total. The van der Waals surface area contributed by atoms with Crippen molar-refractivity contribution in [3.63, 3.8) is 0 Å². The standard InChI is InChI=1S/C29H36FN3O3/c1-35-23-13-15-24(16-14-23)36-19-27-32-25-18-21(30)12-17-26(25)33(27)28(20-8-4-2-5-9-20)29(34)31-22-10-6-3-7-11-22/h12-18,20,22,28H,2-11,19H2,1H3,(H,31,34). The van der Waals surface area contributed by atoms with Gasteiger partial charge in [0.2, 0.25) is 5.91 Å². The first-order chi connectivity index (χ1) is 17.6. The van der Waals surface area contributed by atoms with Crippen LogP contribution in [0, 0.1) is 11.7 Å². The first-order valence-electron chi connectivity index (χ1n) is 13.4. The number of hydrogen-bond acceptors (Lipinski definition) is 4. The van der Waals surface area contributed by atoms with Crippen LogP contribution in [0.5, 0.6) is 11.5 Å². The number of aromatic nitrogens is 2. The van der Waals surface area contributed by atoms with Crippen molar-refractivity contribution in [3.05, 3.63) is 54.1 Å². The minimum atomic E-state index is -0.392. The summed E-state index contributed by atoms with van der Waals surface area (Å²) in [6.45, 7) is 0.183. The molecule has 1 atom stereocenters. The highest BCUT2D eigenvalue weighted by Crippen LogP contribution is 2.37. The summed E-state index contributed by atoms with van der Waals surface area (Å²) in [6.07, 6.45) is 11.1. The molecule has 3 aromatic rings. The van der Waals surface area contributed by atoms with E-state index < -0.39 is 6.04 Å². The molecule has 2 aliphatic rings. The van der Waals surface area contributed by atoms with Gasteiger partial charge in [-0.1, -0.05) is 38.5 Å². The normalized spacial score (nSPS) is 18.2. The summed E-state index contributed by atoms with van der Waals surface area (Å²) in [5.74, 6) is 2.01. The Labute approximate surface area is 212 Å². The molecule has 1 unspecified atom stereocenters. The number of hydrogen-bond donors (Lipinski definition) is 1. The van der Waals surface area contributed by atoms with Crippen molar-refractivity contribution < 1.29 is 18.7 Å². The second kappa shape index (κ2) is 11.3. The van der Waals surface area contributed by atoms with E-state index in [9.17, 15) is 9.18 Å². The fourth-order valence-electron chi connectivity index (χ4n) is 5.88. The fraction of sp³-hybridized carbons (Fsp3) is 0.517. The number of fused-ring (bicyclic) bond motifs is 1. The van der Waals surface area contributed by atoms with E-state index in [0.29, 0.717) is 17.1 Å². The molecule has 1 heterocycles. The molecule has 1 amide bonds. The molecule has 2 saturated carbocycles. The van der Waals surface area contributed by atoms with E-state index in [0.717, 1.165) is 62.6 Å². The summed E-state index contributed by atoms with van der Waals surface area (Å²) >= 11 is 0. The van der Waals surface area contributed by atoms with Crippen LogP contribution in [0.4, 0.5) is 4.39 Å². The van der Waals surface area contributed by atoms with Gasteiger partial charge in [0.25, 0.3) is 0 Å². The van der Waals surface area contributed by atoms with Crippen LogP contribution in [0.1, 0.15) is 76.1 Å². The lowest BCUT2D eigenvalue weighted by atomic mass is 9.83. The maximum Gasteiger partial charge on any atom is 0.243 e. The van der Waals surface area contributed by atoms with Gasteiger partial charge in [0.15, 0.2) is 0 Å². The Balaban J connectivity index is 1.50. The topological polar surface area (TPSA) is 65.4 Å². The SMILES string of the molecule is COc1ccc(OCc2nc3cc(F)ccc3n2C(C(=O)NC2CCCCC2)C2CCCCC2)cc1. The Morgan fingerprint density at radius 2 is 1.67 bits per heavy atom. The Morgan fingerprint density at radius 3 is 2.36 bits per heavy atom. The van der Waals surface area contributed by atoms with Crippen LogP contribution in [0.3, 0.4) is 0 Å². The lowest BCUT2D eigenvalue weighted by Gasteiger charge is -2.33. The number of ether oxygens (including phenoxy) is 2. The smallest absolute Gasteiger partial charge is 0.243 e. The molecule has 0 bridgehead atoms. The number of carbonyl (C=O) groups is 1. The number of benzene rings is 2. The Kier molecular flexibility index (Phi) is 7.73. The van der Waals surface area contributed by atoms with Crippen LogP contribution >= 0.6 is 0 Å². The van der Waals surface area contributed by atoms with Gasteiger partial charge >= 0.3 is 0 Å². The molecular weight excluding hydrogens is 457 g/mol. The minimum Gasteiger partial charge on any atom is -0.497 e. The molecular formula is C29H36FN3O3. The van der Waals surface area contributed by atoms with Crippen molar-refractivity contribution in [2.24, 2.45) is 5.92 Å². The van der Waals surface area contributed by atoms with E-state index in [1.165, 1.54) is 25.0 Å². The molecule has 2 aromatic carbocycles. The summed E-state index contributed by atoms with van der Waals surface area (Å²) in [6, 6.07) is 11.9. The van der Waals surface area contributed by atoms with Crippen LogP contribution in [0.15, 0.2) is 42.5 Å². The first kappa shape index (κ1) is 24.6. The molecule has 1 aromatic heterocycles. The lowest BCUT2D eigenvalue weighted by molar-refractivity contribution is -0.127. The number of halogens is 1. The van der Waals surface area contributed by atoms with Gasteiger partial charge < -0.3 is 19.4 Å². The van der Waals surface area contributed by atoms with Crippen LogP contribution in [-0.4, -0.2) is 28.6 Å². The van der Waals surface area contributed by atoms with Gasteiger partial charge in [-0.3, -0.25) is 4.79 Å². The number of carbonyl (C=O) groups excluding carboxylic acids is 1. The Hall–Kier alpha value is -3.09. The number of amides is 1. The van der Waals surface area contributed by atoms with Crippen LogP contribution < -0.4 is 14.8 Å². The van der Waals surface area contributed by atoms with Crippen molar-refractivity contribution in [1.82, 2.24) is 14.9 Å². The lowest BCUT2D eigenvalue weighted by Crippen LogP contribution is -2.43. The zero-order valence-corrected chi connectivity index (χ0v) is 21.0. The summed E-state index contributed by atoms with van der Waals surface area (Å²) in [4.78, 5) is 18.7. The average Bonchev–Trinajstić information content (AvgIpc) is 3.26. The van der Waals surface area contributed by atoms with Crippen LogP contribution in [-0.2, 0) is 11.4 Å². The molecule has 2 aliphatic carbocycles. The van der Waals surface area contributed by atoms with Gasteiger partial charge in [-0.05, 0) is 68.0 Å². The van der Waals surface area contributed by atoms with Crippen molar-refractivity contribution in [3.8, 4) is 11.5 Å². The van der Waals surface area contributed by atoms with Crippen molar-refractivity contribution in [2.75, 3.05) is 7.11 Å². The Bertz CT molecular complexity index is 1160.